The highest BCUT2D eigenvalue weighted by atomic mass is 16.5. The topological polar surface area (TPSA) is 100 Å². The van der Waals surface area contributed by atoms with Crippen molar-refractivity contribution < 1.29 is 23.9 Å². The maximum atomic E-state index is 12.7. The van der Waals surface area contributed by atoms with Gasteiger partial charge in [-0.1, -0.05) is 0 Å². The highest BCUT2D eigenvalue weighted by Gasteiger charge is 2.34. The van der Waals surface area contributed by atoms with Gasteiger partial charge in [-0.25, -0.2) is 0 Å². The number of methoxy groups -OCH3 is 2. The molecular formula is C19H26N4O5. The van der Waals surface area contributed by atoms with Gasteiger partial charge in [-0.15, -0.1) is 0 Å². The van der Waals surface area contributed by atoms with Gasteiger partial charge in [0, 0.05) is 38.8 Å². The van der Waals surface area contributed by atoms with Gasteiger partial charge >= 0.3 is 0 Å². The third-order valence-corrected chi connectivity index (χ3v) is 5.00. The largest absolute Gasteiger partial charge is 0.497 e. The van der Waals surface area contributed by atoms with E-state index in [-0.39, 0.29) is 30.7 Å². The number of rotatable bonds is 6. The molecule has 0 spiro atoms. The fourth-order valence-corrected chi connectivity index (χ4v) is 3.51. The van der Waals surface area contributed by atoms with E-state index in [1.165, 1.54) is 4.90 Å². The second kappa shape index (κ2) is 8.92. The van der Waals surface area contributed by atoms with Gasteiger partial charge in [0.2, 0.25) is 17.7 Å². The molecule has 1 aromatic carbocycles. The summed E-state index contributed by atoms with van der Waals surface area (Å²) in [6.07, 6.45) is 0.0419. The molecule has 2 saturated heterocycles. The van der Waals surface area contributed by atoms with Crippen molar-refractivity contribution in [2.24, 2.45) is 0 Å². The zero-order valence-corrected chi connectivity index (χ0v) is 16.2. The zero-order valence-electron chi connectivity index (χ0n) is 16.2. The number of carbonyl (C=O) groups excluding carboxylic acids is 3. The van der Waals surface area contributed by atoms with Gasteiger partial charge in [0.05, 0.1) is 33.2 Å². The molecule has 1 atom stereocenters. The molecule has 9 heteroatoms. The van der Waals surface area contributed by atoms with Crippen LogP contribution in [0.25, 0.3) is 0 Å². The number of piperazine rings is 2. The molecule has 152 valence electrons. The fraction of sp³-hybridized carbons (Fsp3) is 0.526. The van der Waals surface area contributed by atoms with E-state index in [0.717, 1.165) is 5.56 Å². The van der Waals surface area contributed by atoms with Crippen LogP contribution in [0.5, 0.6) is 11.5 Å². The van der Waals surface area contributed by atoms with E-state index in [9.17, 15) is 14.4 Å². The lowest BCUT2D eigenvalue weighted by atomic mass is 10.1. The lowest BCUT2D eigenvalue weighted by Gasteiger charge is -2.36. The van der Waals surface area contributed by atoms with Crippen LogP contribution in [0.1, 0.15) is 12.0 Å². The summed E-state index contributed by atoms with van der Waals surface area (Å²) in [6, 6.07) is 4.99. The number of nitrogens with one attached hydrogen (secondary N) is 2. The number of carbonyl (C=O) groups is 3. The summed E-state index contributed by atoms with van der Waals surface area (Å²) in [5.74, 6) is 0.805. The maximum absolute atomic E-state index is 12.7. The van der Waals surface area contributed by atoms with E-state index in [2.05, 4.69) is 10.6 Å². The van der Waals surface area contributed by atoms with Crippen molar-refractivity contribution in [1.82, 2.24) is 20.4 Å². The fourth-order valence-electron chi connectivity index (χ4n) is 3.51. The summed E-state index contributed by atoms with van der Waals surface area (Å²) in [5.41, 5.74) is 0.931. The minimum atomic E-state index is -0.580. The van der Waals surface area contributed by atoms with E-state index in [1.54, 1.807) is 20.3 Å². The Bertz CT molecular complexity index is 732. The molecular weight excluding hydrogens is 364 g/mol. The molecule has 0 unspecified atom stereocenters. The number of amides is 3. The minimum absolute atomic E-state index is 0.0419. The van der Waals surface area contributed by atoms with Crippen LogP contribution >= 0.6 is 0 Å². The molecule has 0 aromatic heterocycles. The maximum Gasteiger partial charge on any atom is 0.239 e. The molecule has 3 amide bonds. The Kier molecular flexibility index (Phi) is 6.35. The predicted octanol–water partition coefficient (Wildman–Crippen LogP) is -0.647. The average Bonchev–Trinajstić information content (AvgIpc) is 2.70. The lowest BCUT2D eigenvalue weighted by molar-refractivity contribution is -0.142. The van der Waals surface area contributed by atoms with Crippen LogP contribution in [0.3, 0.4) is 0 Å². The summed E-state index contributed by atoms with van der Waals surface area (Å²) >= 11 is 0. The van der Waals surface area contributed by atoms with Crippen molar-refractivity contribution in [2.75, 3.05) is 46.9 Å². The van der Waals surface area contributed by atoms with Crippen molar-refractivity contribution in [2.45, 2.75) is 19.0 Å². The second-order valence-corrected chi connectivity index (χ2v) is 6.87. The van der Waals surface area contributed by atoms with Gasteiger partial charge in [-0.2, -0.15) is 0 Å². The summed E-state index contributed by atoms with van der Waals surface area (Å²) in [5, 5.41) is 5.53. The molecule has 0 radical (unpaired) electrons. The van der Waals surface area contributed by atoms with Crippen LogP contribution in [0.15, 0.2) is 18.2 Å². The Balaban J connectivity index is 1.72. The van der Waals surface area contributed by atoms with Crippen molar-refractivity contribution in [3.63, 3.8) is 0 Å². The van der Waals surface area contributed by atoms with Crippen LogP contribution in [-0.2, 0) is 20.9 Å². The average molecular weight is 390 g/mol. The summed E-state index contributed by atoms with van der Waals surface area (Å²) in [6.45, 7) is 2.58. The monoisotopic (exact) mass is 390 g/mol. The standard InChI is InChI=1S/C19H26N4O5/c1-27-14-7-13(8-15(9-14)28-2)11-22-5-4-21-19(26)16(22)10-18(25)23-6-3-20-17(24)12-23/h7-9,16H,3-6,10-12H2,1-2H3,(H,20,24)(H,21,26)/t16-/m1/s1. The SMILES string of the molecule is COc1cc(CN2CCNC(=O)[C@H]2CC(=O)N2CCNC(=O)C2)cc(OC)c1. The van der Waals surface area contributed by atoms with Crippen LogP contribution in [0.2, 0.25) is 0 Å². The summed E-state index contributed by atoms with van der Waals surface area (Å²) < 4.78 is 10.6. The third-order valence-electron chi connectivity index (χ3n) is 5.00. The highest BCUT2D eigenvalue weighted by molar-refractivity contribution is 5.91. The first-order chi connectivity index (χ1) is 13.5. The molecule has 28 heavy (non-hydrogen) atoms. The number of ether oxygens (including phenoxy) is 2. The van der Waals surface area contributed by atoms with Gasteiger partial charge < -0.3 is 25.0 Å². The van der Waals surface area contributed by atoms with E-state index in [0.29, 0.717) is 44.2 Å². The predicted molar refractivity (Wildman–Crippen MR) is 101 cm³/mol. The highest BCUT2D eigenvalue weighted by Crippen LogP contribution is 2.25. The zero-order chi connectivity index (χ0) is 20.1. The van der Waals surface area contributed by atoms with Crippen molar-refractivity contribution >= 4 is 17.7 Å². The van der Waals surface area contributed by atoms with Crippen LogP contribution in [0, 0.1) is 0 Å². The van der Waals surface area contributed by atoms with Crippen LogP contribution in [0.4, 0.5) is 0 Å². The summed E-state index contributed by atoms with van der Waals surface area (Å²) in [7, 11) is 3.17. The van der Waals surface area contributed by atoms with Crippen molar-refractivity contribution in [1.29, 1.82) is 0 Å². The third kappa shape index (κ3) is 4.72. The molecule has 9 nitrogen and oxygen atoms in total. The van der Waals surface area contributed by atoms with Crippen LogP contribution < -0.4 is 20.1 Å². The molecule has 1 aromatic rings. The molecule has 0 saturated carbocycles. The van der Waals surface area contributed by atoms with Crippen LogP contribution in [-0.4, -0.2) is 80.5 Å². The Morgan fingerprint density at radius 1 is 1.07 bits per heavy atom. The van der Waals surface area contributed by atoms with Crippen molar-refractivity contribution in [3.8, 4) is 11.5 Å². The number of hydrogen-bond donors (Lipinski definition) is 2. The number of hydrogen-bond acceptors (Lipinski definition) is 6. The first-order valence-corrected chi connectivity index (χ1v) is 9.28. The van der Waals surface area contributed by atoms with E-state index < -0.39 is 6.04 Å². The quantitative estimate of drug-likeness (QED) is 0.670. The molecule has 2 N–H and O–H groups in total. The smallest absolute Gasteiger partial charge is 0.239 e. The second-order valence-electron chi connectivity index (χ2n) is 6.87. The normalized spacial score (nSPS) is 20.4. The molecule has 3 rings (SSSR count). The molecule has 0 aliphatic carbocycles. The van der Waals surface area contributed by atoms with Gasteiger partial charge in [0.1, 0.15) is 11.5 Å². The Hall–Kier alpha value is -2.81. The van der Waals surface area contributed by atoms with E-state index in [4.69, 9.17) is 9.47 Å². The Morgan fingerprint density at radius 2 is 1.75 bits per heavy atom. The van der Waals surface area contributed by atoms with E-state index >= 15 is 0 Å². The Labute approximate surface area is 163 Å². The van der Waals surface area contributed by atoms with Crippen molar-refractivity contribution in [3.05, 3.63) is 23.8 Å². The first-order valence-electron chi connectivity index (χ1n) is 9.28. The van der Waals surface area contributed by atoms with Gasteiger partial charge in [0.25, 0.3) is 0 Å². The minimum Gasteiger partial charge on any atom is -0.497 e. The first kappa shape index (κ1) is 19.9. The van der Waals surface area contributed by atoms with E-state index in [1.807, 2.05) is 17.0 Å². The molecule has 2 heterocycles. The number of nitrogens with zero attached hydrogens (tertiary/aromatic N) is 2. The molecule has 0 bridgehead atoms. The molecule has 2 aliphatic rings. The molecule has 2 fully saturated rings. The van der Waals surface area contributed by atoms with Gasteiger partial charge in [0.15, 0.2) is 0 Å². The molecule has 2 aliphatic heterocycles. The Morgan fingerprint density at radius 3 is 2.39 bits per heavy atom. The lowest BCUT2D eigenvalue weighted by Crippen LogP contribution is -2.57. The van der Waals surface area contributed by atoms with Gasteiger partial charge in [-0.05, 0) is 17.7 Å². The number of benzene rings is 1. The summed E-state index contributed by atoms with van der Waals surface area (Å²) in [4.78, 5) is 40.2. The van der Waals surface area contributed by atoms with Gasteiger partial charge in [-0.3, -0.25) is 19.3 Å².